The van der Waals surface area contributed by atoms with E-state index in [0.717, 1.165) is 17.7 Å². The van der Waals surface area contributed by atoms with Crippen LogP contribution in [0.25, 0.3) is 0 Å². The van der Waals surface area contributed by atoms with Gasteiger partial charge in [-0.1, -0.05) is 29.5 Å². The lowest BCUT2D eigenvalue weighted by atomic mass is 10.2. The molecule has 0 aliphatic carbocycles. The molecule has 0 aliphatic heterocycles. The van der Waals surface area contributed by atoms with Crippen LogP contribution in [0.5, 0.6) is 0 Å². The van der Waals surface area contributed by atoms with Gasteiger partial charge in [-0.3, -0.25) is 4.79 Å². The van der Waals surface area contributed by atoms with Crippen molar-refractivity contribution in [2.75, 3.05) is 24.8 Å². The number of tetrazole rings is 1. The minimum Gasteiger partial charge on any atom is -0.385 e. The van der Waals surface area contributed by atoms with E-state index in [1.165, 1.54) is 11.8 Å². The Hall–Kier alpha value is -1.93. The van der Waals surface area contributed by atoms with Crippen LogP contribution in [-0.4, -0.2) is 45.6 Å². The lowest BCUT2D eigenvalue weighted by Crippen LogP contribution is -2.15. The minimum atomic E-state index is -0.0831. The first-order chi connectivity index (χ1) is 10.7. The van der Waals surface area contributed by atoms with Crippen molar-refractivity contribution in [1.29, 1.82) is 0 Å². The molecule has 1 heterocycles. The van der Waals surface area contributed by atoms with E-state index >= 15 is 0 Å². The molecule has 22 heavy (non-hydrogen) atoms. The Kier molecular flexibility index (Phi) is 6.35. The normalized spacial score (nSPS) is 10.6. The van der Waals surface area contributed by atoms with Crippen molar-refractivity contribution in [2.24, 2.45) is 0 Å². The first-order valence-corrected chi connectivity index (χ1v) is 7.92. The number of amides is 1. The fraction of sp³-hybridized carbons (Fsp3) is 0.429. The van der Waals surface area contributed by atoms with Crippen LogP contribution in [0.3, 0.4) is 0 Å². The van der Waals surface area contributed by atoms with E-state index < -0.39 is 0 Å². The van der Waals surface area contributed by atoms with Crippen molar-refractivity contribution in [1.82, 2.24) is 20.2 Å². The molecule has 7 nitrogen and oxygen atoms in total. The Morgan fingerprint density at radius 1 is 1.36 bits per heavy atom. The van der Waals surface area contributed by atoms with Gasteiger partial charge in [-0.05, 0) is 35.9 Å². The average molecular weight is 321 g/mol. The number of aromatic nitrogens is 4. The molecule has 1 aromatic heterocycles. The van der Waals surface area contributed by atoms with Crippen LogP contribution >= 0.6 is 11.8 Å². The molecule has 0 bridgehead atoms. The minimum absolute atomic E-state index is 0.0831. The number of rotatable bonds is 8. The van der Waals surface area contributed by atoms with Crippen molar-refractivity contribution in [3.8, 4) is 0 Å². The monoisotopic (exact) mass is 321 g/mol. The topological polar surface area (TPSA) is 81.9 Å². The van der Waals surface area contributed by atoms with Crippen LogP contribution in [0, 0.1) is 6.92 Å². The van der Waals surface area contributed by atoms with Crippen molar-refractivity contribution in [3.05, 3.63) is 29.8 Å². The first-order valence-electron chi connectivity index (χ1n) is 6.93. The molecule has 0 radical (unpaired) electrons. The number of nitrogens with zero attached hydrogens (tertiary/aromatic N) is 4. The van der Waals surface area contributed by atoms with Gasteiger partial charge in [0.1, 0.15) is 0 Å². The lowest BCUT2D eigenvalue weighted by molar-refractivity contribution is -0.113. The third-order valence-electron chi connectivity index (χ3n) is 2.89. The first kappa shape index (κ1) is 16.4. The Bertz CT molecular complexity index is 600. The second kappa shape index (κ2) is 8.50. The van der Waals surface area contributed by atoms with Gasteiger partial charge in [0.2, 0.25) is 11.1 Å². The highest BCUT2D eigenvalue weighted by Gasteiger charge is 2.10. The predicted molar refractivity (Wildman–Crippen MR) is 84.8 cm³/mol. The molecule has 8 heteroatoms. The Morgan fingerprint density at radius 2 is 2.14 bits per heavy atom. The van der Waals surface area contributed by atoms with E-state index in [2.05, 4.69) is 20.8 Å². The Morgan fingerprint density at radius 3 is 2.86 bits per heavy atom. The number of benzene rings is 1. The van der Waals surface area contributed by atoms with Crippen molar-refractivity contribution in [3.63, 3.8) is 0 Å². The van der Waals surface area contributed by atoms with Crippen molar-refractivity contribution < 1.29 is 9.53 Å². The highest BCUT2D eigenvalue weighted by atomic mass is 32.2. The van der Waals surface area contributed by atoms with E-state index in [1.54, 1.807) is 11.8 Å². The lowest BCUT2D eigenvalue weighted by Gasteiger charge is -2.06. The number of anilines is 1. The van der Waals surface area contributed by atoms with Crippen LogP contribution in [0.1, 0.15) is 12.0 Å². The Labute approximate surface area is 133 Å². The van der Waals surface area contributed by atoms with Crippen molar-refractivity contribution >= 4 is 23.4 Å². The van der Waals surface area contributed by atoms with Crippen molar-refractivity contribution in [2.45, 2.75) is 25.0 Å². The molecule has 0 saturated heterocycles. The number of hydrogen-bond acceptors (Lipinski definition) is 6. The van der Waals surface area contributed by atoms with E-state index in [1.807, 2.05) is 31.2 Å². The molecule has 2 rings (SSSR count). The number of thioether (sulfide) groups is 1. The summed E-state index contributed by atoms with van der Waals surface area (Å²) in [6, 6.07) is 7.68. The van der Waals surface area contributed by atoms with Gasteiger partial charge in [0, 0.05) is 25.9 Å². The quantitative estimate of drug-likeness (QED) is 0.589. The molecular formula is C14H19N5O2S. The number of methoxy groups -OCH3 is 1. The summed E-state index contributed by atoms with van der Waals surface area (Å²) in [4.78, 5) is 11.9. The summed E-state index contributed by atoms with van der Waals surface area (Å²) in [5.41, 5.74) is 1.94. The van der Waals surface area contributed by atoms with Gasteiger partial charge in [0.25, 0.3) is 0 Å². The molecular weight excluding hydrogens is 302 g/mol. The van der Waals surface area contributed by atoms with Gasteiger partial charge in [0.05, 0.1) is 5.75 Å². The number of ether oxygens (including phenoxy) is 1. The molecule has 2 aromatic rings. The van der Waals surface area contributed by atoms with Gasteiger partial charge >= 0.3 is 0 Å². The maximum atomic E-state index is 11.9. The van der Waals surface area contributed by atoms with Crippen LogP contribution in [-0.2, 0) is 16.1 Å². The Balaban J connectivity index is 1.81. The summed E-state index contributed by atoms with van der Waals surface area (Å²) >= 11 is 1.32. The zero-order chi connectivity index (χ0) is 15.8. The summed E-state index contributed by atoms with van der Waals surface area (Å²) in [6.45, 7) is 3.32. The fourth-order valence-electron chi connectivity index (χ4n) is 1.76. The molecule has 118 valence electrons. The summed E-state index contributed by atoms with van der Waals surface area (Å²) in [5, 5.41) is 15.0. The van der Waals surface area contributed by atoms with Crippen LogP contribution < -0.4 is 5.32 Å². The number of nitrogens with one attached hydrogen (secondary N) is 1. The summed E-state index contributed by atoms with van der Waals surface area (Å²) in [7, 11) is 1.66. The largest absolute Gasteiger partial charge is 0.385 e. The zero-order valence-corrected chi connectivity index (χ0v) is 13.5. The SMILES string of the molecule is COCCCn1nnnc1SCC(=O)Nc1ccc(C)cc1. The standard InChI is InChI=1S/C14H19N5O2S/c1-11-4-6-12(7-5-11)15-13(20)10-22-14-16-17-18-19(14)8-3-9-21-2/h4-7H,3,8-10H2,1-2H3,(H,15,20). The molecule has 0 saturated carbocycles. The highest BCUT2D eigenvalue weighted by Crippen LogP contribution is 2.15. The number of hydrogen-bond donors (Lipinski definition) is 1. The highest BCUT2D eigenvalue weighted by molar-refractivity contribution is 7.99. The van der Waals surface area contributed by atoms with Crippen LogP contribution in [0.4, 0.5) is 5.69 Å². The van der Waals surface area contributed by atoms with Gasteiger partial charge in [-0.2, -0.15) is 0 Å². The van der Waals surface area contributed by atoms with Gasteiger partial charge in [-0.15, -0.1) is 5.10 Å². The van der Waals surface area contributed by atoms with E-state index in [-0.39, 0.29) is 11.7 Å². The second-order valence-corrected chi connectivity index (χ2v) is 5.68. The summed E-state index contributed by atoms with van der Waals surface area (Å²) < 4.78 is 6.68. The van der Waals surface area contributed by atoms with Gasteiger partial charge < -0.3 is 10.1 Å². The number of carbonyl (C=O) groups excluding carboxylic acids is 1. The van der Waals surface area contributed by atoms with E-state index in [9.17, 15) is 4.79 Å². The molecule has 0 spiro atoms. The molecule has 0 fully saturated rings. The number of carbonyl (C=O) groups is 1. The third-order valence-corrected chi connectivity index (χ3v) is 3.84. The second-order valence-electron chi connectivity index (χ2n) is 4.73. The fourth-order valence-corrected chi connectivity index (χ4v) is 2.47. The smallest absolute Gasteiger partial charge is 0.234 e. The molecule has 0 atom stereocenters. The maximum absolute atomic E-state index is 11.9. The molecule has 1 aromatic carbocycles. The number of aryl methyl sites for hydroxylation is 2. The van der Waals surface area contributed by atoms with Crippen LogP contribution in [0.2, 0.25) is 0 Å². The predicted octanol–water partition coefficient (Wildman–Crippen LogP) is 1.75. The maximum Gasteiger partial charge on any atom is 0.234 e. The third kappa shape index (κ3) is 5.12. The zero-order valence-electron chi connectivity index (χ0n) is 12.7. The molecule has 0 aliphatic rings. The average Bonchev–Trinajstić information content (AvgIpc) is 2.95. The molecule has 1 N–H and O–H groups in total. The summed E-state index contributed by atoms with van der Waals surface area (Å²) in [6.07, 6.45) is 0.824. The van der Waals surface area contributed by atoms with E-state index in [0.29, 0.717) is 18.3 Å². The van der Waals surface area contributed by atoms with Crippen LogP contribution in [0.15, 0.2) is 29.4 Å². The van der Waals surface area contributed by atoms with Gasteiger partial charge in [-0.25, -0.2) is 4.68 Å². The molecule has 1 amide bonds. The summed E-state index contributed by atoms with van der Waals surface area (Å²) in [5.74, 6) is 0.179. The molecule has 0 unspecified atom stereocenters. The van der Waals surface area contributed by atoms with Gasteiger partial charge in [0.15, 0.2) is 0 Å². The van der Waals surface area contributed by atoms with E-state index in [4.69, 9.17) is 4.74 Å².